The van der Waals surface area contributed by atoms with E-state index in [-0.39, 0.29) is 24.8 Å². The number of fused-ring (bicyclic) bond motifs is 1. The normalized spacial score (nSPS) is 10.7. The lowest BCUT2D eigenvalue weighted by atomic mass is 10.2. The molecule has 27 heavy (non-hydrogen) atoms. The third-order valence-corrected chi connectivity index (χ3v) is 4.11. The number of rotatable bonds is 8. The highest BCUT2D eigenvalue weighted by molar-refractivity contribution is 6.04. The number of anilines is 1. The topological polar surface area (TPSA) is 98.9 Å². The molecule has 0 aliphatic heterocycles. The number of H-pyrrole nitrogens is 1. The zero-order valence-electron chi connectivity index (χ0n) is 15.2. The van der Waals surface area contributed by atoms with E-state index in [1.54, 1.807) is 0 Å². The number of benzene rings is 2. The minimum atomic E-state index is -0.298. The number of para-hydroxylation sites is 1. The van der Waals surface area contributed by atoms with Crippen LogP contribution >= 0.6 is 0 Å². The second kappa shape index (κ2) is 8.95. The SMILES string of the molecule is CCNCc1cccc(NC(=O)CCNC(=O)c2n[nH]c3ccccc23)c1. The quantitative estimate of drug-likeness (QED) is 0.493. The predicted octanol–water partition coefficient (Wildman–Crippen LogP) is 2.43. The zero-order chi connectivity index (χ0) is 19.1. The summed E-state index contributed by atoms with van der Waals surface area (Å²) in [4.78, 5) is 24.4. The molecular formula is C20H23N5O2. The van der Waals surface area contributed by atoms with Crippen LogP contribution in [0.5, 0.6) is 0 Å². The van der Waals surface area contributed by atoms with Crippen molar-refractivity contribution in [1.29, 1.82) is 0 Å². The van der Waals surface area contributed by atoms with Gasteiger partial charge in [-0.05, 0) is 30.3 Å². The van der Waals surface area contributed by atoms with Crippen molar-refractivity contribution in [3.05, 3.63) is 59.8 Å². The van der Waals surface area contributed by atoms with E-state index < -0.39 is 0 Å². The third kappa shape index (κ3) is 4.92. The van der Waals surface area contributed by atoms with Gasteiger partial charge in [-0.1, -0.05) is 37.3 Å². The number of carbonyl (C=O) groups is 2. The lowest BCUT2D eigenvalue weighted by molar-refractivity contribution is -0.116. The highest BCUT2D eigenvalue weighted by Gasteiger charge is 2.13. The van der Waals surface area contributed by atoms with Crippen molar-refractivity contribution in [2.75, 3.05) is 18.4 Å². The van der Waals surface area contributed by atoms with Crippen molar-refractivity contribution in [3.63, 3.8) is 0 Å². The summed E-state index contributed by atoms with van der Waals surface area (Å²) in [6, 6.07) is 15.1. The van der Waals surface area contributed by atoms with Gasteiger partial charge in [-0.2, -0.15) is 5.10 Å². The number of hydrogen-bond acceptors (Lipinski definition) is 4. The molecule has 3 rings (SSSR count). The van der Waals surface area contributed by atoms with E-state index in [4.69, 9.17) is 0 Å². The van der Waals surface area contributed by atoms with Gasteiger partial charge in [-0.15, -0.1) is 0 Å². The van der Waals surface area contributed by atoms with E-state index in [2.05, 4.69) is 26.1 Å². The van der Waals surface area contributed by atoms with Gasteiger partial charge in [0.1, 0.15) is 0 Å². The molecule has 0 unspecified atom stereocenters. The molecule has 7 nitrogen and oxygen atoms in total. The summed E-state index contributed by atoms with van der Waals surface area (Å²) in [7, 11) is 0. The Kier molecular flexibility index (Phi) is 6.17. The molecule has 2 amide bonds. The minimum Gasteiger partial charge on any atom is -0.350 e. The van der Waals surface area contributed by atoms with E-state index in [1.165, 1.54) is 0 Å². The molecule has 0 spiro atoms. The number of aromatic amines is 1. The van der Waals surface area contributed by atoms with Gasteiger partial charge in [0.2, 0.25) is 5.91 Å². The third-order valence-electron chi connectivity index (χ3n) is 4.11. The molecule has 2 aromatic carbocycles. The maximum Gasteiger partial charge on any atom is 0.272 e. The van der Waals surface area contributed by atoms with E-state index in [9.17, 15) is 9.59 Å². The molecular weight excluding hydrogens is 342 g/mol. The van der Waals surface area contributed by atoms with Crippen LogP contribution < -0.4 is 16.0 Å². The summed E-state index contributed by atoms with van der Waals surface area (Å²) in [6.07, 6.45) is 0.186. The van der Waals surface area contributed by atoms with Gasteiger partial charge in [-0.3, -0.25) is 14.7 Å². The first-order valence-electron chi connectivity index (χ1n) is 8.98. The number of amides is 2. The van der Waals surface area contributed by atoms with Crippen molar-refractivity contribution in [2.24, 2.45) is 0 Å². The largest absolute Gasteiger partial charge is 0.350 e. The van der Waals surface area contributed by atoms with Crippen LogP contribution in [0.4, 0.5) is 5.69 Å². The Morgan fingerprint density at radius 3 is 2.81 bits per heavy atom. The molecule has 0 aliphatic carbocycles. The number of hydrogen-bond donors (Lipinski definition) is 4. The Bertz CT molecular complexity index is 935. The second-order valence-corrected chi connectivity index (χ2v) is 6.15. The number of carbonyl (C=O) groups excluding carboxylic acids is 2. The lowest BCUT2D eigenvalue weighted by Crippen LogP contribution is -2.28. The molecule has 1 heterocycles. The molecule has 140 valence electrons. The summed E-state index contributed by atoms with van der Waals surface area (Å²) in [5, 5.41) is 16.5. The first kappa shape index (κ1) is 18.6. The molecule has 0 saturated heterocycles. The minimum absolute atomic E-state index is 0.150. The van der Waals surface area contributed by atoms with Crippen LogP contribution in [0.15, 0.2) is 48.5 Å². The van der Waals surface area contributed by atoms with Crippen molar-refractivity contribution in [3.8, 4) is 0 Å². The van der Waals surface area contributed by atoms with Gasteiger partial charge < -0.3 is 16.0 Å². The van der Waals surface area contributed by atoms with Crippen LogP contribution in [-0.2, 0) is 11.3 Å². The van der Waals surface area contributed by atoms with Crippen molar-refractivity contribution >= 4 is 28.4 Å². The van der Waals surface area contributed by atoms with E-state index in [0.717, 1.165) is 35.2 Å². The molecule has 7 heteroatoms. The molecule has 0 aliphatic rings. The fraction of sp³-hybridized carbons (Fsp3) is 0.250. The van der Waals surface area contributed by atoms with Gasteiger partial charge in [0.05, 0.1) is 5.52 Å². The molecule has 4 N–H and O–H groups in total. The van der Waals surface area contributed by atoms with Crippen LogP contribution in [0.2, 0.25) is 0 Å². The van der Waals surface area contributed by atoms with E-state index in [1.807, 2.05) is 55.5 Å². The highest BCUT2D eigenvalue weighted by Crippen LogP contribution is 2.15. The maximum atomic E-state index is 12.3. The van der Waals surface area contributed by atoms with Gasteiger partial charge >= 0.3 is 0 Å². The summed E-state index contributed by atoms with van der Waals surface area (Å²) < 4.78 is 0. The second-order valence-electron chi connectivity index (χ2n) is 6.15. The maximum absolute atomic E-state index is 12.3. The Morgan fingerprint density at radius 2 is 1.96 bits per heavy atom. The summed E-state index contributed by atoms with van der Waals surface area (Å²) in [5.41, 5.74) is 2.99. The first-order chi connectivity index (χ1) is 13.2. The highest BCUT2D eigenvalue weighted by atomic mass is 16.2. The Hall–Kier alpha value is -3.19. The standard InChI is InChI=1S/C20H23N5O2/c1-2-21-13-14-6-5-7-15(12-14)23-18(26)10-11-22-20(27)19-16-8-3-4-9-17(16)24-25-19/h3-9,12,21H,2,10-11,13H2,1H3,(H,22,27)(H,23,26)(H,24,25). The monoisotopic (exact) mass is 365 g/mol. The van der Waals surface area contributed by atoms with Crippen LogP contribution in [0, 0.1) is 0 Å². The van der Waals surface area contributed by atoms with E-state index in [0.29, 0.717) is 5.69 Å². The summed E-state index contributed by atoms with van der Waals surface area (Å²) >= 11 is 0. The Labute approximate surface area is 157 Å². The predicted molar refractivity (Wildman–Crippen MR) is 105 cm³/mol. The van der Waals surface area contributed by atoms with E-state index >= 15 is 0 Å². The molecule has 1 aromatic heterocycles. The number of nitrogens with one attached hydrogen (secondary N) is 4. The molecule has 0 bridgehead atoms. The van der Waals surface area contributed by atoms with Gasteiger partial charge in [-0.25, -0.2) is 0 Å². The average molecular weight is 365 g/mol. The molecule has 3 aromatic rings. The van der Waals surface area contributed by atoms with Gasteiger partial charge in [0.25, 0.3) is 5.91 Å². The number of nitrogens with zero attached hydrogens (tertiary/aromatic N) is 1. The zero-order valence-corrected chi connectivity index (χ0v) is 15.2. The molecule has 0 atom stereocenters. The summed E-state index contributed by atoms with van der Waals surface area (Å²) in [5.74, 6) is -0.448. The smallest absolute Gasteiger partial charge is 0.272 e. The molecule has 0 fully saturated rings. The van der Waals surface area contributed by atoms with Gasteiger partial charge in [0, 0.05) is 30.6 Å². The van der Waals surface area contributed by atoms with Crippen LogP contribution in [0.25, 0.3) is 10.9 Å². The first-order valence-corrected chi connectivity index (χ1v) is 8.98. The van der Waals surface area contributed by atoms with Crippen molar-refractivity contribution in [2.45, 2.75) is 19.9 Å². The van der Waals surface area contributed by atoms with Crippen molar-refractivity contribution in [1.82, 2.24) is 20.8 Å². The lowest BCUT2D eigenvalue weighted by Gasteiger charge is -2.08. The van der Waals surface area contributed by atoms with Crippen molar-refractivity contribution < 1.29 is 9.59 Å². The Balaban J connectivity index is 1.49. The molecule has 0 radical (unpaired) electrons. The summed E-state index contributed by atoms with van der Waals surface area (Å²) in [6.45, 7) is 3.93. The number of aromatic nitrogens is 2. The fourth-order valence-electron chi connectivity index (χ4n) is 2.76. The average Bonchev–Trinajstić information content (AvgIpc) is 3.11. The van der Waals surface area contributed by atoms with Crippen LogP contribution in [0.1, 0.15) is 29.4 Å². The van der Waals surface area contributed by atoms with Gasteiger partial charge in [0.15, 0.2) is 5.69 Å². The van der Waals surface area contributed by atoms with Crippen LogP contribution in [-0.4, -0.2) is 35.1 Å². The fourth-order valence-corrected chi connectivity index (χ4v) is 2.76. The molecule has 0 saturated carbocycles. The Morgan fingerprint density at radius 1 is 1.11 bits per heavy atom. The van der Waals surface area contributed by atoms with Crippen LogP contribution in [0.3, 0.4) is 0 Å².